The number of hydrogen-bond donors (Lipinski definition) is 3. The van der Waals surface area contributed by atoms with Crippen molar-refractivity contribution in [1.82, 2.24) is 10.2 Å². The van der Waals surface area contributed by atoms with Crippen LogP contribution in [0.3, 0.4) is 0 Å². The minimum atomic E-state index is -1.17. The lowest BCUT2D eigenvalue weighted by Crippen LogP contribution is -2.52. The number of ether oxygens (including phenoxy) is 1. The summed E-state index contributed by atoms with van der Waals surface area (Å²) in [5, 5.41) is 22.0. The van der Waals surface area contributed by atoms with Crippen LogP contribution in [0, 0.1) is 0 Å². The van der Waals surface area contributed by atoms with Crippen molar-refractivity contribution >= 4 is 18.0 Å². The number of rotatable bonds is 8. The van der Waals surface area contributed by atoms with Gasteiger partial charge in [-0.25, -0.2) is 9.59 Å². The highest BCUT2D eigenvalue weighted by molar-refractivity contribution is 5.90. The molecule has 1 fully saturated rings. The number of aliphatic carboxylic acids is 1. The quantitative estimate of drug-likeness (QED) is 0.551. The Morgan fingerprint density at radius 2 is 1.71 bits per heavy atom. The summed E-state index contributed by atoms with van der Waals surface area (Å²) in [6, 6.07) is 14.0. The third-order valence-electron chi connectivity index (χ3n) is 6.63. The SMILES string of the molecule is CCCC[C@H](NC(=O)OCC1c2ccccc2-c2ccccc21)C(=O)N1C[C@@H](O)C[C@H]1C(=O)O. The van der Waals surface area contributed by atoms with Crippen LogP contribution in [0.25, 0.3) is 11.1 Å². The Labute approximate surface area is 198 Å². The predicted molar refractivity (Wildman–Crippen MR) is 125 cm³/mol. The fourth-order valence-electron chi connectivity index (χ4n) is 4.94. The highest BCUT2D eigenvalue weighted by atomic mass is 16.5. The van der Waals surface area contributed by atoms with E-state index >= 15 is 0 Å². The zero-order valence-corrected chi connectivity index (χ0v) is 19.1. The Hall–Kier alpha value is -3.39. The van der Waals surface area contributed by atoms with Crippen LogP contribution < -0.4 is 5.32 Å². The molecule has 180 valence electrons. The number of aliphatic hydroxyl groups excluding tert-OH is 1. The normalized spacial score (nSPS) is 19.9. The number of aliphatic hydroxyl groups is 1. The predicted octanol–water partition coefficient (Wildman–Crippen LogP) is 3.13. The molecular formula is C26H30N2O6. The monoisotopic (exact) mass is 466 g/mol. The molecule has 0 aromatic heterocycles. The Kier molecular flexibility index (Phi) is 7.17. The molecule has 0 unspecified atom stereocenters. The van der Waals surface area contributed by atoms with E-state index in [4.69, 9.17) is 4.74 Å². The van der Waals surface area contributed by atoms with Gasteiger partial charge in [-0.15, -0.1) is 0 Å². The van der Waals surface area contributed by atoms with E-state index in [1.54, 1.807) is 0 Å². The van der Waals surface area contributed by atoms with E-state index in [0.29, 0.717) is 12.8 Å². The van der Waals surface area contributed by atoms with Crippen molar-refractivity contribution < 1.29 is 29.3 Å². The van der Waals surface area contributed by atoms with E-state index in [2.05, 4.69) is 17.4 Å². The first kappa shape index (κ1) is 23.8. The summed E-state index contributed by atoms with van der Waals surface area (Å²) in [5.41, 5.74) is 4.42. The van der Waals surface area contributed by atoms with E-state index < -0.39 is 36.2 Å². The first-order valence-corrected chi connectivity index (χ1v) is 11.7. The molecule has 2 aliphatic rings. The maximum Gasteiger partial charge on any atom is 0.407 e. The zero-order valence-electron chi connectivity index (χ0n) is 19.1. The van der Waals surface area contributed by atoms with Gasteiger partial charge in [0.15, 0.2) is 0 Å². The van der Waals surface area contributed by atoms with Crippen LogP contribution in [-0.4, -0.2) is 64.4 Å². The third kappa shape index (κ3) is 4.77. The van der Waals surface area contributed by atoms with Crippen LogP contribution in [0.1, 0.15) is 49.7 Å². The molecule has 0 bridgehead atoms. The van der Waals surface area contributed by atoms with Gasteiger partial charge < -0.3 is 25.2 Å². The second kappa shape index (κ2) is 10.3. The molecule has 2 aromatic rings. The number of carbonyl (C=O) groups is 3. The smallest absolute Gasteiger partial charge is 0.407 e. The number of carboxylic acid groups (broad SMARTS) is 1. The Morgan fingerprint density at radius 3 is 2.29 bits per heavy atom. The first-order chi connectivity index (χ1) is 16.4. The molecule has 0 saturated carbocycles. The fourth-order valence-corrected chi connectivity index (χ4v) is 4.94. The molecule has 8 heteroatoms. The topological polar surface area (TPSA) is 116 Å². The fraction of sp³-hybridized carbons (Fsp3) is 0.423. The summed E-state index contributed by atoms with van der Waals surface area (Å²) in [6.07, 6.45) is 0.203. The minimum absolute atomic E-state index is 0.0213. The van der Waals surface area contributed by atoms with E-state index in [0.717, 1.165) is 33.6 Å². The molecule has 3 atom stereocenters. The van der Waals surface area contributed by atoms with Crippen molar-refractivity contribution in [3.63, 3.8) is 0 Å². The third-order valence-corrected chi connectivity index (χ3v) is 6.63. The number of unbranched alkanes of at least 4 members (excludes halogenated alkanes) is 1. The van der Waals surface area contributed by atoms with Gasteiger partial charge in [0.1, 0.15) is 18.7 Å². The van der Waals surface area contributed by atoms with Gasteiger partial charge in [0.25, 0.3) is 0 Å². The van der Waals surface area contributed by atoms with Crippen molar-refractivity contribution in [2.75, 3.05) is 13.2 Å². The molecule has 3 N–H and O–H groups in total. The molecule has 8 nitrogen and oxygen atoms in total. The number of likely N-dealkylation sites (tertiary alicyclic amines) is 1. The number of carbonyl (C=O) groups excluding carboxylic acids is 2. The standard InChI is InChI=1S/C26H30N2O6/c1-2-3-12-22(24(30)28-14-16(29)13-23(28)25(31)32)27-26(33)34-15-21-19-10-6-4-8-17(19)18-9-5-7-11-20(18)21/h4-11,16,21-23,29H,2-3,12-15H2,1H3,(H,27,33)(H,31,32)/t16-,22-,23-/m0/s1. The number of fused-ring (bicyclic) bond motifs is 3. The van der Waals surface area contributed by atoms with Crippen molar-refractivity contribution in [2.24, 2.45) is 0 Å². The molecule has 1 aliphatic carbocycles. The summed E-state index contributed by atoms with van der Waals surface area (Å²) in [4.78, 5) is 38.5. The minimum Gasteiger partial charge on any atom is -0.480 e. The second-order valence-corrected chi connectivity index (χ2v) is 8.90. The highest BCUT2D eigenvalue weighted by Gasteiger charge is 2.41. The lowest BCUT2D eigenvalue weighted by molar-refractivity contribution is -0.149. The number of carboxylic acids is 1. The number of hydrogen-bond acceptors (Lipinski definition) is 5. The molecule has 2 aromatic carbocycles. The average molecular weight is 467 g/mol. The van der Waals surface area contributed by atoms with Crippen molar-refractivity contribution in [3.8, 4) is 11.1 Å². The molecule has 34 heavy (non-hydrogen) atoms. The van der Waals surface area contributed by atoms with Gasteiger partial charge >= 0.3 is 12.1 Å². The molecule has 1 heterocycles. The molecule has 0 radical (unpaired) electrons. The van der Waals surface area contributed by atoms with Crippen LogP contribution in [0.2, 0.25) is 0 Å². The van der Waals surface area contributed by atoms with E-state index in [-0.39, 0.29) is 25.5 Å². The number of nitrogens with zero attached hydrogens (tertiary/aromatic N) is 1. The van der Waals surface area contributed by atoms with E-state index in [9.17, 15) is 24.6 Å². The maximum absolute atomic E-state index is 13.1. The molecule has 4 rings (SSSR count). The summed E-state index contributed by atoms with van der Waals surface area (Å²) in [6.45, 7) is 2.02. The highest BCUT2D eigenvalue weighted by Crippen LogP contribution is 2.44. The van der Waals surface area contributed by atoms with E-state index in [1.807, 2.05) is 43.3 Å². The van der Waals surface area contributed by atoms with Crippen LogP contribution in [0.4, 0.5) is 4.79 Å². The zero-order chi connectivity index (χ0) is 24.2. The lowest BCUT2D eigenvalue weighted by atomic mass is 9.98. The van der Waals surface area contributed by atoms with Gasteiger partial charge in [-0.05, 0) is 28.7 Å². The summed E-state index contributed by atoms with van der Waals surface area (Å²) < 4.78 is 5.57. The number of amides is 2. The molecule has 2 amide bonds. The molecule has 1 aliphatic heterocycles. The van der Waals surface area contributed by atoms with Crippen LogP contribution in [0.15, 0.2) is 48.5 Å². The average Bonchev–Trinajstić information content (AvgIpc) is 3.38. The van der Waals surface area contributed by atoms with Crippen molar-refractivity contribution in [3.05, 3.63) is 59.7 Å². The molecular weight excluding hydrogens is 436 g/mol. The van der Waals surface area contributed by atoms with Gasteiger partial charge in [0.05, 0.1) is 6.10 Å². The summed E-state index contributed by atoms with van der Waals surface area (Å²) >= 11 is 0. The Morgan fingerprint density at radius 1 is 1.09 bits per heavy atom. The summed E-state index contributed by atoms with van der Waals surface area (Å²) in [5.74, 6) is -1.78. The van der Waals surface area contributed by atoms with Crippen LogP contribution in [-0.2, 0) is 14.3 Å². The summed E-state index contributed by atoms with van der Waals surface area (Å²) in [7, 11) is 0. The maximum atomic E-state index is 13.1. The van der Waals surface area contributed by atoms with E-state index in [1.165, 1.54) is 0 Å². The van der Waals surface area contributed by atoms with Gasteiger partial charge in [-0.1, -0.05) is 68.3 Å². The number of nitrogens with one attached hydrogen (secondary N) is 1. The largest absolute Gasteiger partial charge is 0.480 e. The number of alkyl carbamates (subject to hydrolysis) is 1. The van der Waals surface area contributed by atoms with Gasteiger partial charge in [-0.3, -0.25) is 4.79 Å². The second-order valence-electron chi connectivity index (χ2n) is 8.90. The first-order valence-electron chi connectivity index (χ1n) is 11.7. The van der Waals surface area contributed by atoms with Crippen molar-refractivity contribution in [2.45, 2.75) is 56.7 Å². The molecule has 0 spiro atoms. The Balaban J connectivity index is 1.44. The van der Waals surface area contributed by atoms with Gasteiger partial charge in [0.2, 0.25) is 5.91 Å². The van der Waals surface area contributed by atoms with Crippen LogP contribution in [0.5, 0.6) is 0 Å². The van der Waals surface area contributed by atoms with Crippen molar-refractivity contribution in [1.29, 1.82) is 0 Å². The van der Waals surface area contributed by atoms with Gasteiger partial charge in [-0.2, -0.15) is 0 Å². The van der Waals surface area contributed by atoms with Crippen LogP contribution >= 0.6 is 0 Å². The number of benzene rings is 2. The van der Waals surface area contributed by atoms with Gasteiger partial charge in [0, 0.05) is 18.9 Å². The Bertz CT molecular complexity index is 1030. The lowest BCUT2D eigenvalue weighted by Gasteiger charge is -2.27. The molecule has 1 saturated heterocycles. The number of β-amino-alcohol motifs (C(OH)–C–C–N with tert-alkyl or cyclic N) is 1.